The summed E-state index contributed by atoms with van der Waals surface area (Å²) in [6.45, 7) is -0.0624. The number of nitrogens with zero attached hydrogens (tertiary/aromatic N) is 3. The van der Waals surface area contributed by atoms with Crippen molar-refractivity contribution in [2.45, 2.75) is 19.8 Å². The fourth-order valence-electron chi connectivity index (χ4n) is 3.92. The Morgan fingerprint density at radius 1 is 1.08 bits per heavy atom. The summed E-state index contributed by atoms with van der Waals surface area (Å²) in [5.41, 5.74) is 9.28. The molecule has 5 rings (SSSR count). The normalized spacial score (nSPS) is 12.9. The lowest BCUT2D eigenvalue weighted by atomic mass is 10.1. The lowest BCUT2D eigenvalue weighted by molar-refractivity contribution is -0.712. The van der Waals surface area contributed by atoms with Gasteiger partial charge >= 0.3 is 0 Å². The highest BCUT2D eigenvalue weighted by Crippen LogP contribution is 2.30. The van der Waals surface area contributed by atoms with Gasteiger partial charge in [-0.25, -0.2) is 9.55 Å². The molecule has 0 radical (unpaired) electrons. The summed E-state index contributed by atoms with van der Waals surface area (Å²) in [7, 11) is -4.88. The Kier molecular flexibility index (Phi) is 6.98. The van der Waals surface area contributed by atoms with E-state index in [1.807, 2.05) is 36.4 Å². The molecule has 0 saturated heterocycles. The topological polar surface area (TPSA) is 148 Å². The largest absolute Gasteiger partial charge is 0.756 e. The van der Waals surface area contributed by atoms with Crippen LogP contribution in [0.4, 0.5) is 5.82 Å². The number of hydrogen-bond donors (Lipinski definition) is 2. The zero-order valence-electron chi connectivity index (χ0n) is 19.6. The van der Waals surface area contributed by atoms with Gasteiger partial charge in [0.2, 0.25) is 5.88 Å². The average Bonchev–Trinajstić information content (AvgIpc) is 3.35. The number of benzene rings is 2. The van der Waals surface area contributed by atoms with E-state index in [9.17, 15) is 9.46 Å². The smallest absolute Gasteiger partial charge is 0.285 e. The first-order chi connectivity index (χ1) is 17.9. The van der Waals surface area contributed by atoms with E-state index in [0.717, 1.165) is 21.9 Å². The summed E-state index contributed by atoms with van der Waals surface area (Å²) in [4.78, 5) is 24.1. The van der Waals surface area contributed by atoms with Gasteiger partial charge in [-0.05, 0) is 34.0 Å². The van der Waals surface area contributed by atoms with E-state index in [-0.39, 0.29) is 5.82 Å². The molecule has 0 bridgehead atoms. The van der Waals surface area contributed by atoms with E-state index in [1.54, 1.807) is 24.4 Å². The van der Waals surface area contributed by atoms with Crippen molar-refractivity contribution < 1.29 is 32.7 Å². The molecule has 1 unspecified atom stereocenters. The Hall–Kier alpha value is -4.08. The van der Waals surface area contributed by atoms with Gasteiger partial charge in [0, 0.05) is 24.8 Å². The zero-order chi connectivity index (χ0) is 25.8. The molecule has 0 amide bonds. The number of aromatic nitrogens is 3. The van der Waals surface area contributed by atoms with Gasteiger partial charge in [0.15, 0.2) is 12.5 Å². The SMILES string of the molecule is Nc1c(-c2cc(Cc3ccc(OCc4cccc5ccccc45)nc3)no2)ccc[n+]1COP(=O)([O-])O. The second-order valence-electron chi connectivity index (χ2n) is 8.29. The minimum absolute atomic E-state index is 0.188. The van der Waals surface area contributed by atoms with Gasteiger partial charge in [-0.15, -0.1) is 0 Å². The van der Waals surface area contributed by atoms with E-state index >= 15 is 0 Å². The first-order valence-electron chi connectivity index (χ1n) is 11.3. The van der Waals surface area contributed by atoms with Crippen LogP contribution in [0.15, 0.2) is 89.7 Å². The molecule has 0 spiro atoms. The molecular weight excluding hydrogens is 495 g/mol. The molecule has 0 saturated carbocycles. The molecular formula is C26H23N4O6P. The van der Waals surface area contributed by atoms with E-state index < -0.39 is 14.6 Å². The predicted molar refractivity (Wildman–Crippen MR) is 133 cm³/mol. The van der Waals surface area contributed by atoms with Crippen LogP contribution < -0.4 is 19.9 Å². The van der Waals surface area contributed by atoms with Crippen LogP contribution in [0.5, 0.6) is 5.88 Å². The van der Waals surface area contributed by atoms with E-state index in [1.165, 1.54) is 10.8 Å². The fourth-order valence-corrected chi connectivity index (χ4v) is 4.19. The molecule has 5 aromatic rings. The van der Waals surface area contributed by atoms with Crippen LogP contribution in [0, 0.1) is 0 Å². The number of rotatable bonds is 9. The molecule has 0 aliphatic rings. The third-order valence-electron chi connectivity index (χ3n) is 5.74. The van der Waals surface area contributed by atoms with Crippen molar-refractivity contribution in [2.24, 2.45) is 0 Å². The molecule has 2 aromatic carbocycles. The average molecular weight is 518 g/mol. The monoisotopic (exact) mass is 518 g/mol. The highest BCUT2D eigenvalue weighted by Gasteiger charge is 2.18. The van der Waals surface area contributed by atoms with Crippen molar-refractivity contribution in [1.29, 1.82) is 0 Å². The Bertz CT molecular complexity index is 1580. The van der Waals surface area contributed by atoms with Crippen molar-refractivity contribution in [3.05, 3.63) is 102 Å². The minimum atomic E-state index is -4.88. The van der Waals surface area contributed by atoms with Gasteiger partial charge in [0.05, 0.1) is 11.9 Å². The Morgan fingerprint density at radius 2 is 1.92 bits per heavy atom. The molecule has 11 heteroatoms. The third-order valence-corrected chi connectivity index (χ3v) is 6.18. The molecule has 37 heavy (non-hydrogen) atoms. The maximum Gasteiger partial charge on any atom is 0.285 e. The molecule has 0 aliphatic carbocycles. The number of phosphoric acid groups is 1. The second kappa shape index (κ2) is 10.5. The van der Waals surface area contributed by atoms with Crippen molar-refractivity contribution in [2.75, 3.05) is 5.73 Å². The van der Waals surface area contributed by atoms with Crippen molar-refractivity contribution in [3.8, 4) is 17.2 Å². The highest BCUT2D eigenvalue weighted by molar-refractivity contribution is 7.44. The second-order valence-corrected chi connectivity index (χ2v) is 9.49. The summed E-state index contributed by atoms with van der Waals surface area (Å²) < 4.78 is 28.0. The Balaban J connectivity index is 1.23. The van der Waals surface area contributed by atoms with Gasteiger partial charge in [0.25, 0.3) is 13.6 Å². The van der Waals surface area contributed by atoms with E-state index in [2.05, 4.69) is 32.9 Å². The van der Waals surface area contributed by atoms with Gasteiger partial charge in [-0.3, -0.25) is 14.8 Å². The number of hydrogen-bond acceptors (Lipinski definition) is 8. The van der Waals surface area contributed by atoms with Gasteiger partial charge < -0.3 is 19.0 Å². The number of ether oxygens (including phenoxy) is 1. The number of nitrogen functional groups attached to an aromatic ring is 1. The summed E-state index contributed by atoms with van der Waals surface area (Å²) in [6, 6.07) is 23.1. The van der Waals surface area contributed by atoms with Crippen LogP contribution in [-0.4, -0.2) is 15.0 Å². The molecule has 1 atom stereocenters. The van der Waals surface area contributed by atoms with Crippen LogP contribution in [0.3, 0.4) is 0 Å². The third kappa shape index (κ3) is 6.02. The summed E-state index contributed by atoms with van der Waals surface area (Å²) in [5.74, 6) is 1.11. The molecule has 0 aliphatic heterocycles. The molecule has 188 valence electrons. The molecule has 3 aromatic heterocycles. The lowest BCUT2D eigenvalue weighted by Crippen LogP contribution is -2.38. The van der Waals surface area contributed by atoms with E-state index in [4.69, 9.17) is 19.9 Å². The Labute approximate surface area is 212 Å². The zero-order valence-corrected chi connectivity index (χ0v) is 20.5. The molecule has 0 fully saturated rings. The van der Waals surface area contributed by atoms with Crippen LogP contribution in [0.2, 0.25) is 0 Å². The Morgan fingerprint density at radius 3 is 2.73 bits per heavy atom. The highest BCUT2D eigenvalue weighted by atomic mass is 31.2. The molecule has 3 heterocycles. The number of anilines is 1. The maximum atomic E-state index is 10.9. The predicted octanol–water partition coefficient (Wildman–Crippen LogP) is 3.36. The fraction of sp³-hybridized carbons (Fsp3) is 0.115. The molecule has 10 nitrogen and oxygen atoms in total. The standard InChI is InChI=1S/C26H23N4O6P/c27-26-23(9-4-12-30(26)17-35-37(31,32)33)24-14-21(29-36-24)13-18-10-11-25(28-15-18)34-16-20-7-3-6-19-5-1-2-8-22(19)20/h1-12,14-15,27H,13,16-17H2,(H2,31,32,33). The quantitative estimate of drug-likeness (QED) is 0.221. The molecule has 3 N–H and O–H groups in total. The summed E-state index contributed by atoms with van der Waals surface area (Å²) >= 11 is 0. The first kappa shape index (κ1) is 24.6. The summed E-state index contributed by atoms with van der Waals surface area (Å²) in [6.07, 6.45) is 3.71. The van der Waals surface area contributed by atoms with Gasteiger partial charge in [-0.1, -0.05) is 53.7 Å². The van der Waals surface area contributed by atoms with Crippen LogP contribution >= 0.6 is 7.82 Å². The van der Waals surface area contributed by atoms with Crippen molar-refractivity contribution in [1.82, 2.24) is 10.1 Å². The van der Waals surface area contributed by atoms with Crippen molar-refractivity contribution in [3.63, 3.8) is 0 Å². The van der Waals surface area contributed by atoms with Gasteiger partial charge in [-0.2, -0.15) is 0 Å². The minimum Gasteiger partial charge on any atom is -0.756 e. The van der Waals surface area contributed by atoms with Gasteiger partial charge in [0.1, 0.15) is 12.2 Å². The number of phosphoric ester groups is 1. The lowest BCUT2D eigenvalue weighted by Gasteiger charge is -2.14. The maximum absolute atomic E-state index is 10.9. The summed E-state index contributed by atoms with van der Waals surface area (Å²) in [5, 5.41) is 6.42. The van der Waals surface area contributed by atoms with Crippen LogP contribution in [0.1, 0.15) is 16.8 Å². The van der Waals surface area contributed by atoms with Crippen molar-refractivity contribution >= 4 is 24.4 Å². The number of nitrogens with two attached hydrogens (primary N) is 1. The van der Waals surface area contributed by atoms with E-state index in [0.29, 0.717) is 35.9 Å². The number of fused-ring (bicyclic) bond motifs is 1. The first-order valence-corrected chi connectivity index (χ1v) is 12.8. The number of pyridine rings is 2. The van der Waals surface area contributed by atoms with Crippen LogP contribution in [0.25, 0.3) is 22.1 Å². The van der Waals surface area contributed by atoms with Crippen LogP contribution in [-0.2, 0) is 28.8 Å².